The Hall–Kier alpha value is -2.09. The quantitative estimate of drug-likeness (QED) is 0.769. The van der Waals surface area contributed by atoms with Gasteiger partial charge in [0.2, 0.25) is 0 Å². The maximum Gasteiger partial charge on any atom is 0.197 e. The van der Waals surface area contributed by atoms with Crippen LogP contribution in [0, 0.1) is 27.7 Å². The Bertz CT molecular complexity index is 658. The van der Waals surface area contributed by atoms with E-state index in [0.29, 0.717) is 17.9 Å². The van der Waals surface area contributed by atoms with Crippen molar-refractivity contribution in [1.82, 2.24) is 0 Å². The molecule has 110 valence electrons. The first kappa shape index (κ1) is 15.3. The molecule has 2 heteroatoms. The number of carbonyl (C=O) groups is 1. The Balaban J connectivity index is 2.61. The minimum absolute atomic E-state index is 0.0425. The summed E-state index contributed by atoms with van der Waals surface area (Å²) >= 11 is 0. The second-order valence-corrected chi connectivity index (χ2v) is 5.39. The zero-order valence-electron chi connectivity index (χ0n) is 13.4. The fourth-order valence-electron chi connectivity index (χ4n) is 2.63. The topological polar surface area (TPSA) is 26.3 Å². The molecule has 0 saturated carbocycles. The highest BCUT2D eigenvalue weighted by Crippen LogP contribution is 2.28. The summed E-state index contributed by atoms with van der Waals surface area (Å²) in [5.41, 5.74) is 5.84. The van der Waals surface area contributed by atoms with Gasteiger partial charge in [0.1, 0.15) is 5.75 Å². The van der Waals surface area contributed by atoms with E-state index in [-0.39, 0.29) is 5.78 Å². The van der Waals surface area contributed by atoms with Crippen LogP contribution in [0.3, 0.4) is 0 Å². The van der Waals surface area contributed by atoms with Crippen molar-refractivity contribution < 1.29 is 9.53 Å². The summed E-state index contributed by atoms with van der Waals surface area (Å²) in [6.07, 6.45) is 0. The molecule has 2 rings (SSSR count). The Morgan fingerprint density at radius 2 is 1.57 bits per heavy atom. The molecule has 0 fully saturated rings. The van der Waals surface area contributed by atoms with Crippen LogP contribution >= 0.6 is 0 Å². The molecule has 0 radical (unpaired) electrons. The summed E-state index contributed by atoms with van der Waals surface area (Å²) in [7, 11) is 0. The van der Waals surface area contributed by atoms with Crippen LogP contribution in [0.25, 0.3) is 0 Å². The van der Waals surface area contributed by atoms with Crippen molar-refractivity contribution in [2.75, 3.05) is 6.61 Å². The number of para-hydroxylation sites is 1. The monoisotopic (exact) mass is 282 g/mol. The van der Waals surface area contributed by atoms with Gasteiger partial charge in [-0.1, -0.05) is 18.2 Å². The number of hydrogen-bond donors (Lipinski definition) is 0. The predicted octanol–water partition coefficient (Wildman–Crippen LogP) is 4.55. The van der Waals surface area contributed by atoms with Gasteiger partial charge in [0.05, 0.1) is 12.2 Å². The predicted molar refractivity (Wildman–Crippen MR) is 86.4 cm³/mol. The molecule has 21 heavy (non-hydrogen) atoms. The summed E-state index contributed by atoms with van der Waals surface area (Å²) in [6, 6.07) is 9.59. The van der Waals surface area contributed by atoms with Crippen molar-refractivity contribution in [2.45, 2.75) is 34.6 Å². The average Bonchev–Trinajstić information content (AvgIpc) is 2.46. The lowest BCUT2D eigenvalue weighted by molar-refractivity contribution is 0.103. The molecular formula is C19H22O2. The number of benzene rings is 2. The smallest absolute Gasteiger partial charge is 0.197 e. The van der Waals surface area contributed by atoms with Crippen molar-refractivity contribution in [3.63, 3.8) is 0 Å². The minimum atomic E-state index is 0.0425. The first-order chi connectivity index (χ1) is 9.97. The zero-order valence-corrected chi connectivity index (χ0v) is 13.4. The van der Waals surface area contributed by atoms with Gasteiger partial charge < -0.3 is 4.74 Å². The van der Waals surface area contributed by atoms with Crippen LogP contribution in [0.5, 0.6) is 5.75 Å². The van der Waals surface area contributed by atoms with Crippen LogP contribution < -0.4 is 4.74 Å². The van der Waals surface area contributed by atoms with Crippen molar-refractivity contribution >= 4 is 5.78 Å². The van der Waals surface area contributed by atoms with E-state index in [2.05, 4.69) is 6.07 Å². The van der Waals surface area contributed by atoms with Gasteiger partial charge in [-0.15, -0.1) is 0 Å². The molecule has 0 aliphatic carbocycles. The summed E-state index contributed by atoms with van der Waals surface area (Å²) in [4.78, 5) is 13.0. The molecular weight excluding hydrogens is 260 g/mol. The largest absolute Gasteiger partial charge is 0.493 e. The van der Waals surface area contributed by atoms with Gasteiger partial charge >= 0.3 is 0 Å². The van der Waals surface area contributed by atoms with E-state index in [1.807, 2.05) is 58.9 Å². The second-order valence-electron chi connectivity index (χ2n) is 5.39. The van der Waals surface area contributed by atoms with E-state index in [1.54, 1.807) is 0 Å². The molecule has 2 nitrogen and oxygen atoms in total. The van der Waals surface area contributed by atoms with Crippen LogP contribution in [-0.2, 0) is 0 Å². The van der Waals surface area contributed by atoms with Gasteiger partial charge in [0.25, 0.3) is 0 Å². The van der Waals surface area contributed by atoms with E-state index in [4.69, 9.17) is 4.74 Å². The van der Waals surface area contributed by atoms with Crippen LogP contribution in [0.15, 0.2) is 30.3 Å². The van der Waals surface area contributed by atoms with Gasteiger partial charge in [-0.3, -0.25) is 4.79 Å². The van der Waals surface area contributed by atoms with Gasteiger partial charge in [-0.05, 0) is 69.0 Å². The maximum absolute atomic E-state index is 13.0. The second kappa shape index (κ2) is 6.13. The standard InChI is InChI=1S/C19H22O2/c1-6-21-17-10-8-7-9-16(17)19(20)18-14(4)12(2)11-13(3)15(18)5/h7-11H,6H2,1-5H3. The molecule has 0 aromatic heterocycles. The molecule has 0 unspecified atom stereocenters. The van der Waals surface area contributed by atoms with Gasteiger partial charge in [0, 0.05) is 5.56 Å². The molecule has 2 aromatic carbocycles. The minimum Gasteiger partial charge on any atom is -0.493 e. The Morgan fingerprint density at radius 1 is 1.00 bits per heavy atom. The van der Waals surface area contributed by atoms with E-state index in [1.165, 1.54) is 0 Å². The van der Waals surface area contributed by atoms with Gasteiger partial charge in [-0.2, -0.15) is 0 Å². The third-order valence-electron chi connectivity index (χ3n) is 4.02. The lowest BCUT2D eigenvalue weighted by Gasteiger charge is -2.16. The Morgan fingerprint density at radius 3 is 2.14 bits per heavy atom. The van der Waals surface area contributed by atoms with Crippen LogP contribution in [-0.4, -0.2) is 12.4 Å². The lowest BCUT2D eigenvalue weighted by Crippen LogP contribution is -2.10. The molecule has 0 atom stereocenters. The molecule has 0 N–H and O–H groups in total. The normalized spacial score (nSPS) is 10.5. The summed E-state index contributed by atoms with van der Waals surface area (Å²) in [6.45, 7) is 10.6. The highest BCUT2D eigenvalue weighted by Gasteiger charge is 2.20. The molecule has 0 amide bonds. The van der Waals surface area contributed by atoms with Crippen molar-refractivity contribution in [2.24, 2.45) is 0 Å². The van der Waals surface area contributed by atoms with E-state index in [9.17, 15) is 4.79 Å². The molecule has 0 spiro atoms. The number of ketones is 1. The first-order valence-electron chi connectivity index (χ1n) is 7.31. The molecule has 0 heterocycles. The molecule has 0 aliphatic heterocycles. The molecule has 0 bridgehead atoms. The Kier molecular flexibility index (Phi) is 4.46. The average molecular weight is 282 g/mol. The third-order valence-corrected chi connectivity index (χ3v) is 4.02. The molecule has 0 saturated heterocycles. The van der Waals surface area contributed by atoms with E-state index < -0.39 is 0 Å². The van der Waals surface area contributed by atoms with Crippen LogP contribution in [0.2, 0.25) is 0 Å². The number of rotatable bonds is 4. The molecule has 2 aromatic rings. The summed E-state index contributed by atoms with van der Waals surface area (Å²) in [5, 5.41) is 0. The lowest BCUT2D eigenvalue weighted by atomic mass is 9.89. The number of carbonyl (C=O) groups excluding carboxylic acids is 1. The maximum atomic E-state index is 13.0. The summed E-state index contributed by atoms with van der Waals surface area (Å²) in [5.74, 6) is 0.698. The van der Waals surface area contributed by atoms with E-state index in [0.717, 1.165) is 27.8 Å². The fourth-order valence-corrected chi connectivity index (χ4v) is 2.63. The van der Waals surface area contributed by atoms with Crippen molar-refractivity contribution in [1.29, 1.82) is 0 Å². The highest BCUT2D eigenvalue weighted by molar-refractivity contribution is 6.12. The highest BCUT2D eigenvalue weighted by atomic mass is 16.5. The zero-order chi connectivity index (χ0) is 15.6. The van der Waals surface area contributed by atoms with Gasteiger partial charge in [-0.25, -0.2) is 0 Å². The van der Waals surface area contributed by atoms with Crippen LogP contribution in [0.1, 0.15) is 45.1 Å². The Labute approximate surface area is 126 Å². The number of ether oxygens (including phenoxy) is 1. The fraction of sp³-hybridized carbons (Fsp3) is 0.316. The summed E-state index contributed by atoms with van der Waals surface area (Å²) < 4.78 is 5.60. The van der Waals surface area contributed by atoms with E-state index >= 15 is 0 Å². The number of hydrogen-bond acceptors (Lipinski definition) is 2. The van der Waals surface area contributed by atoms with Crippen LogP contribution in [0.4, 0.5) is 0 Å². The van der Waals surface area contributed by atoms with Crippen molar-refractivity contribution in [3.05, 3.63) is 63.7 Å². The first-order valence-corrected chi connectivity index (χ1v) is 7.31. The number of aryl methyl sites for hydroxylation is 2. The SMILES string of the molecule is CCOc1ccccc1C(=O)c1c(C)c(C)cc(C)c1C. The molecule has 0 aliphatic rings. The van der Waals surface area contributed by atoms with Gasteiger partial charge in [0.15, 0.2) is 5.78 Å². The van der Waals surface area contributed by atoms with Crippen molar-refractivity contribution in [3.8, 4) is 5.75 Å². The third kappa shape index (κ3) is 2.85.